The van der Waals surface area contributed by atoms with Crippen LogP contribution < -0.4 is 5.32 Å². The Balaban J connectivity index is 1.05. The highest BCUT2D eigenvalue weighted by molar-refractivity contribution is 6.39. The molecule has 0 bridgehead atoms. The van der Waals surface area contributed by atoms with Gasteiger partial charge in [0.05, 0.1) is 6.61 Å². The van der Waals surface area contributed by atoms with Crippen molar-refractivity contribution in [2.75, 3.05) is 32.8 Å². The summed E-state index contributed by atoms with van der Waals surface area (Å²) >= 11 is 0. The minimum atomic E-state index is -0.487. The lowest BCUT2D eigenvalue weighted by Crippen LogP contribution is -2.49. The van der Waals surface area contributed by atoms with Crippen LogP contribution in [0.25, 0.3) is 0 Å². The molecule has 2 saturated heterocycles. The first-order chi connectivity index (χ1) is 17.0. The molecule has 9 nitrogen and oxygen atoms in total. The van der Waals surface area contributed by atoms with Crippen LogP contribution in [-0.2, 0) is 19.2 Å². The standard InChI is InChI=1S/C26H34N4O5/c1-2-34-25(33)30-12-8-19(9-13-30)27-23(31)22-17-26(35-28-22)10-14-29(15-11-26)24(32)21-16-20(21)18-6-4-3-5-7-18/h3-7,19-21H,2,8-17H2,1H3,(H,27,31). The van der Waals surface area contributed by atoms with Crippen molar-refractivity contribution in [2.24, 2.45) is 11.1 Å². The second kappa shape index (κ2) is 9.87. The fraction of sp³-hybridized carbons (Fsp3) is 0.615. The zero-order chi connectivity index (χ0) is 24.4. The van der Waals surface area contributed by atoms with Crippen molar-refractivity contribution in [1.82, 2.24) is 15.1 Å². The first-order valence-corrected chi connectivity index (χ1v) is 12.8. The quantitative estimate of drug-likeness (QED) is 0.696. The van der Waals surface area contributed by atoms with Gasteiger partial charge < -0.3 is 24.7 Å². The van der Waals surface area contributed by atoms with E-state index in [1.807, 2.05) is 23.1 Å². The van der Waals surface area contributed by atoms with E-state index in [9.17, 15) is 14.4 Å². The molecule has 1 aromatic rings. The van der Waals surface area contributed by atoms with Crippen molar-refractivity contribution in [3.63, 3.8) is 0 Å². The average molecular weight is 483 g/mol. The van der Waals surface area contributed by atoms with E-state index in [0.717, 1.165) is 6.42 Å². The summed E-state index contributed by atoms with van der Waals surface area (Å²) in [6, 6.07) is 10.3. The Kier molecular flexibility index (Phi) is 6.67. The molecule has 2 unspecified atom stereocenters. The number of carbonyl (C=O) groups excluding carboxylic acids is 3. The van der Waals surface area contributed by atoms with Gasteiger partial charge in [0.15, 0.2) is 0 Å². The number of nitrogens with zero attached hydrogens (tertiary/aromatic N) is 3. The minimum absolute atomic E-state index is 0.00278. The largest absolute Gasteiger partial charge is 0.450 e. The van der Waals surface area contributed by atoms with Crippen LogP contribution in [0, 0.1) is 5.92 Å². The van der Waals surface area contributed by atoms with Crippen LogP contribution in [-0.4, -0.2) is 77.8 Å². The van der Waals surface area contributed by atoms with Gasteiger partial charge in [0.25, 0.3) is 5.91 Å². The topological polar surface area (TPSA) is 101 Å². The number of hydrogen-bond acceptors (Lipinski definition) is 6. The third-order valence-electron chi connectivity index (χ3n) is 7.78. The van der Waals surface area contributed by atoms with Crippen molar-refractivity contribution in [1.29, 1.82) is 0 Å². The molecule has 1 saturated carbocycles. The lowest BCUT2D eigenvalue weighted by molar-refractivity contribution is -0.138. The SMILES string of the molecule is CCOC(=O)N1CCC(NC(=O)C2=NOC3(CCN(C(=O)C4CC4c4ccccc4)CC3)C2)CC1. The molecule has 3 amide bonds. The number of oxime groups is 1. The molecule has 188 valence electrons. The van der Waals surface area contributed by atoms with Gasteiger partial charge in [-0.25, -0.2) is 4.79 Å². The molecule has 0 aromatic heterocycles. The van der Waals surface area contributed by atoms with Gasteiger partial charge in [-0.2, -0.15) is 0 Å². The Morgan fingerprint density at radius 2 is 1.80 bits per heavy atom. The lowest BCUT2D eigenvalue weighted by Gasteiger charge is -2.37. The summed E-state index contributed by atoms with van der Waals surface area (Å²) in [7, 11) is 0. The van der Waals surface area contributed by atoms with Gasteiger partial charge in [0, 0.05) is 57.4 Å². The van der Waals surface area contributed by atoms with Gasteiger partial charge in [0.2, 0.25) is 5.91 Å². The Hall–Kier alpha value is -3.10. The number of piperidine rings is 2. The van der Waals surface area contributed by atoms with Crippen molar-refractivity contribution in [3.8, 4) is 0 Å². The van der Waals surface area contributed by atoms with E-state index in [1.165, 1.54) is 5.56 Å². The molecule has 1 aromatic carbocycles. The Morgan fingerprint density at radius 1 is 1.09 bits per heavy atom. The predicted octanol–water partition coefficient (Wildman–Crippen LogP) is 2.66. The maximum atomic E-state index is 13.0. The van der Waals surface area contributed by atoms with E-state index in [-0.39, 0.29) is 29.9 Å². The second-order valence-corrected chi connectivity index (χ2v) is 10.1. The number of rotatable bonds is 5. The summed E-state index contributed by atoms with van der Waals surface area (Å²) in [6.45, 7) is 4.54. The normalized spacial score (nSPS) is 25.6. The molecule has 5 rings (SSSR count). The van der Waals surface area contributed by atoms with E-state index in [1.54, 1.807) is 11.8 Å². The van der Waals surface area contributed by atoms with Crippen molar-refractivity contribution in [2.45, 2.75) is 63.0 Å². The average Bonchev–Trinajstić information content (AvgIpc) is 3.59. The van der Waals surface area contributed by atoms with Crippen LogP contribution in [0.15, 0.2) is 35.5 Å². The second-order valence-electron chi connectivity index (χ2n) is 10.1. The smallest absolute Gasteiger partial charge is 0.409 e. The molecule has 1 aliphatic carbocycles. The van der Waals surface area contributed by atoms with Gasteiger partial charge in [-0.15, -0.1) is 0 Å². The fourth-order valence-electron chi connectivity index (χ4n) is 5.51. The van der Waals surface area contributed by atoms with Gasteiger partial charge >= 0.3 is 6.09 Å². The number of carbonyl (C=O) groups is 3. The Morgan fingerprint density at radius 3 is 2.49 bits per heavy atom. The summed E-state index contributed by atoms with van der Waals surface area (Å²) in [6.07, 6.45) is 3.83. The van der Waals surface area contributed by atoms with Crippen LogP contribution in [0.2, 0.25) is 0 Å². The van der Waals surface area contributed by atoms with Gasteiger partial charge in [0.1, 0.15) is 11.3 Å². The number of likely N-dealkylation sites (tertiary alicyclic amines) is 2. The first kappa shape index (κ1) is 23.6. The summed E-state index contributed by atoms with van der Waals surface area (Å²) in [5.74, 6) is 0.465. The third-order valence-corrected chi connectivity index (χ3v) is 7.78. The van der Waals surface area contributed by atoms with Crippen LogP contribution in [0.5, 0.6) is 0 Å². The van der Waals surface area contributed by atoms with Crippen LogP contribution in [0.1, 0.15) is 56.9 Å². The molecule has 4 aliphatic rings. The first-order valence-electron chi connectivity index (χ1n) is 12.8. The number of hydrogen-bond donors (Lipinski definition) is 1. The molecule has 3 heterocycles. The molecule has 35 heavy (non-hydrogen) atoms. The molecule has 9 heteroatoms. The summed E-state index contributed by atoms with van der Waals surface area (Å²) in [5, 5.41) is 7.18. The lowest BCUT2D eigenvalue weighted by atomic mass is 9.86. The molecular weight excluding hydrogens is 448 g/mol. The molecule has 3 aliphatic heterocycles. The third kappa shape index (κ3) is 5.13. The summed E-state index contributed by atoms with van der Waals surface area (Å²) in [4.78, 5) is 47.1. The summed E-state index contributed by atoms with van der Waals surface area (Å²) < 4.78 is 5.05. The molecule has 0 radical (unpaired) electrons. The fourth-order valence-corrected chi connectivity index (χ4v) is 5.51. The monoisotopic (exact) mass is 482 g/mol. The minimum Gasteiger partial charge on any atom is -0.450 e. The molecule has 1 spiro atoms. The molecule has 1 N–H and O–H groups in total. The predicted molar refractivity (Wildman–Crippen MR) is 129 cm³/mol. The molecule has 2 atom stereocenters. The molecular formula is C26H34N4O5. The number of benzene rings is 1. The van der Waals surface area contributed by atoms with Gasteiger partial charge in [-0.1, -0.05) is 35.5 Å². The summed E-state index contributed by atoms with van der Waals surface area (Å²) in [5.41, 5.74) is 1.18. The van der Waals surface area contributed by atoms with Crippen molar-refractivity contribution < 1.29 is 24.0 Å². The van der Waals surface area contributed by atoms with Gasteiger partial charge in [-0.3, -0.25) is 9.59 Å². The maximum Gasteiger partial charge on any atom is 0.409 e. The van der Waals surface area contributed by atoms with E-state index in [4.69, 9.17) is 9.57 Å². The maximum absolute atomic E-state index is 13.0. The Bertz CT molecular complexity index is 981. The van der Waals surface area contributed by atoms with Gasteiger partial charge in [-0.05, 0) is 37.7 Å². The van der Waals surface area contributed by atoms with E-state index in [0.29, 0.717) is 76.5 Å². The highest BCUT2D eigenvalue weighted by Crippen LogP contribution is 2.49. The van der Waals surface area contributed by atoms with E-state index >= 15 is 0 Å². The Labute approximate surface area is 205 Å². The molecule has 3 fully saturated rings. The van der Waals surface area contributed by atoms with Crippen LogP contribution in [0.4, 0.5) is 4.79 Å². The van der Waals surface area contributed by atoms with E-state index in [2.05, 4.69) is 22.6 Å². The van der Waals surface area contributed by atoms with E-state index < -0.39 is 5.60 Å². The highest BCUT2D eigenvalue weighted by Gasteiger charge is 2.49. The highest BCUT2D eigenvalue weighted by atomic mass is 16.7. The van der Waals surface area contributed by atoms with Crippen LogP contribution >= 0.6 is 0 Å². The van der Waals surface area contributed by atoms with Crippen LogP contribution in [0.3, 0.4) is 0 Å². The van der Waals surface area contributed by atoms with Crippen molar-refractivity contribution >= 4 is 23.6 Å². The zero-order valence-electron chi connectivity index (χ0n) is 20.3. The van der Waals surface area contributed by atoms with Crippen molar-refractivity contribution in [3.05, 3.63) is 35.9 Å². The number of amides is 3. The number of ether oxygens (including phenoxy) is 1. The zero-order valence-corrected chi connectivity index (χ0v) is 20.3. The number of nitrogens with one attached hydrogen (secondary N) is 1.